The van der Waals surface area contributed by atoms with Crippen LogP contribution in [0.4, 0.5) is 0 Å². The fourth-order valence-corrected chi connectivity index (χ4v) is 7.98. The Hall–Kier alpha value is -1.80. The Bertz CT molecular complexity index is 1270. The molecular formula is C27H31Cl2NO5S. The number of nitrogens with zero attached hydrogens (tertiary/aromatic N) is 1. The van der Waals surface area contributed by atoms with Gasteiger partial charge in [-0.2, -0.15) is 4.31 Å². The third-order valence-corrected chi connectivity index (χ3v) is 10.7. The van der Waals surface area contributed by atoms with Crippen LogP contribution in [0.15, 0.2) is 41.3 Å². The van der Waals surface area contributed by atoms with Crippen LogP contribution in [-0.4, -0.2) is 44.5 Å². The van der Waals surface area contributed by atoms with Gasteiger partial charge in [0.2, 0.25) is 10.0 Å². The van der Waals surface area contributed by atoms with Gasteiger partial charge in [0.15, 0.2) is 0 Å². The molecule has 6 nitrogen and oxygen atoms in total. The number of hydrogen-bond acceptors (Lipinski definition) is 5. The molecule has 5 rings (SSSR count). The zero-order valence-electron chi connectivity index (χ0n) is 20.5. The van der Waals surface area contributed by atoms with Gasteiger partial charge in [0.05, 0.1) is 18.1 Å². The fraction of sp³-hybridized carbons (Fsp3) is 0.519. The van der Waals surface area contributed by atoms with Crippen molar-refractivity contribution >= 4 is 39.2 Å². The lowest BCUT2D eigenvalue weighted by atomic mass is 9.80. The average Bonchev–Trinajstić information content (AvgIpc) is 3.68. The Kier molecular flexibility index (Phi) is 7.05. The van der Waals surface area contributed by atoms with E-state index in [-0.39, 0.29) is 27.7 Å². The number of esters is 1. The maximum atomic E-state index is 13.2. The topological polar surface area (TPSA) is 72.9 Å². The first kappa shape index (κ1) is 25.8. The molecule has 0 amide bonds. The quantitative estimate of drug-likeness (QED) is 0.421. The van der Waals surface area contributed by atoms with E-state index in [0.29, 0.717) is 36.9 Å². The number of hydrogen-bond donors (Lipinski definition) is 0. The molecule has 1 aliphatic carbocycles. The van der Waals surface area contributed by atoms with Crippen molar-refractivity contribution in [2.75, 3.05) is 20.2 Å². The highest BCUT2D eigenvalue weighted by atomic mass is 35.5. The van der Waals surface area contributed by atoms with Crippen LogP contribution in [-0.2, 0) is 26.0 Å². The first-order valence-electron chi connectivity index (χ1n) is 12.5. The second-order valence-electron chi connectivity index (χ2n) is 10.3. The standard InChI is InChI=1S/C27H31Cl2NO5S/c1-17(26(31)34-2)25(19-4-5-19)20-6-3-18-9-10-27(35-23(18)15-20)11-13-30(14-12-27)36(32,33)24-8-7-21(28)16-22(24)29/h3,6-8,15-17,19,25H,4-5,9-14H2,1-2H3/t17-,25-/m0/s1. The number of methoxy groups -OCH3 is 1. The predicted octanol–water partition coefficient (Wildman–Crippen LogP) is 5.84. The van der Waals surface area contributed by atoms with Gasteiger partial charge in [-0.3, -0.25) is 4.79 Å². The summed E-state index contributed by atoms with van der Waals surface area (Å²) in [5.41, 5.74) is 1.88. The Morgan fingerprint density at radius 3 is 2.47 bits per heavy atom. The smallest absolute Gasteiger partial charge is 0.309 e. The zero-order chi connectivity index (χ0) is 25.7. The minimum Gasteiger partial charge on any atom is -0.487 e. The minimum absolute atomic E-state index is 0.0786. The van der Waals surface area contributed by atoms with E-state index in [4.69, 9.17) is 32.7 Å². The predicted molar refractivity (Wildman–Crippen MR) is 139 cm³/mol. The first-order valence-corrected chi connectivity index (χ1v) is 14.7. The van der Waals surface area contributed by atoms with Crippen molar-refractivity contribution in [2.45, 2.75) is 61.9 Å². The van der Waals surface area contributed by atoms with Crippen LogP contribution in [0.2, 0.25) is 10.0 Å². The molecule has 0 N–H and O–H groups in total. The van der Waals surface area contributed by atoms with Crippen LogP contribution < -0.4 is 4.74 Å². The van der Waals surface area contributed by atoms with Gasteiger partial charge in [0, 0.05) is 31.0 Å². The van der Waals surface area contributed by atoms with Crippen LogP contribution in [0.1, 0.15) is 56.1 Å². The van der Waals surface area contributed by atoms with E-state index in [1.54, 1.807) is 6.07 Å². The third-order valence-electron chi connectivity index (χ3n) is 8.04. The summed E-state index contributed by atoms with van der Waals surface area (Å²) in [4.78, 5) is 12.4. The second kappa shape index (κ2) is 9.82. The van der Waals surface area contributed by atoms with Gasteiger partial charge in [-0.25, -0.2) is 8.42 Å². The van der Waals surface area contributed by atoms with E-state index < -0.39 is 15.6 Å². The molecule has 0 bridgehead atoms. The van der Waals surface area contributed by atoms with E-state index in [0.717, 1.165) is 42.6 Å². The van der Waals surface area contributed by atoms with Crippen LogP contribution >= 0.6 is 23.2 Å². The Morgan fingerprint density at radius 1 is 1.11 bits per heavy atom. The summed E-state index contributed by atoms with van der Waals surface area (Å²) in [6, 6.07) is 10.8. The highest BCUT2D eigenvalue weighted by molar-refractivity contribution is 7.89. The van der Waals surface area contributed by atoms with Gasteiger partial charge in [0.1, 0.15) is 16.2 Å². The number of ether oxygens (including phenoxy) is 2. The Balaban J connectivity index is 1.33. The summed E-state index contributed by atoms with van der Waals surface area (Å²) in [5, 5.41) is 0.527. The molecule has 3 aliphatic rings. The number of piperidine rings is 1. The largest absolute Gasteiger partial charge is 0.487 e. The lowest BCUT2D eigenvalue weighted by Gasteiger charge is -2.44. The summed E-state index contributed by atoms with van der Waals surface area (Å²) in [7, 11) is -2.28. The summed E-state index contributed by atoms with van der Waals surface area (Å²) >= 11 is 12.2. The molecule has 2 aromatic rings. The SMILES string of the molecule is COC(=O)[C@@H](C)[C@H](c1ccc2c(c1)OC1(CC2)CCN(S(=O)(=O)c2ccc(Cl)cc2Cl)CC1)C1CC1. The van der Waals surface area contributed by atoms with Crippen molar-refractivity contribution < 1.29 is 22.7 Å². The molecule has 2 heterocycles. The summed E-state index contributed by atoms with van der Waals surface area (Å²) in [6.45, 7) is 2.67. The third kappa shape index (κ3) is 4.87. The van der Waals surface area contributed by atoms with Gasteiger partial charge >= 0.3 is 5.97 Å². The minimum atomic E-state index is -3.72. The first-order chi connectivity index (χ1) is 17.1. The van der Waals surface area contributed by atoms with Crippen molar-refractivity contribution in [3.05, 3.63) is 57.6 Å². The maximum absolute atomic E-state index is 13.2. The van der Waals surface area contributed by atoms with Crippen LogP contribution in [0.3, 0.4) is 0 Å². The van der Waals surface area contributed by atoms with Gasteiger partial charge < -0.3 is 9.47 Å². The molecule has 2 aliphatic heterocycles. The monoisotopic (exact) mass is 551 g/mol. The van der Waals surface area contributed by atoms with Crippen molar-refractivity contribution in [2.24, 2.45) is 11.8 Å². The number of rotatable bonds is 6. The highest BCUT2D eigenvalue weighted by Gasteiger charge is 2.44. The number of aryl methyl sites for hydroxylation is 1. The van der Waals surface area contributed by atoms with Crippen LogP contribution in [0.25, 0.3) is 0 Å². The van der Waals surface area contributed by atoms with Gasteiger partial charge in [-0.1, -0.05) is 42.3 Å². The molecule has 1 spiro atoms. The number of sulfonamides is 1. The van der Waals surface area contributed by atoms with E-state index in [1.807, 2.05) is 6.92 Å². The molecule has 36 heavy (non-hydrogen) atoms. The Labute approximate surface area is 222 Å². The number of halogens is 2. The molecule has 0 unspecified atom stereocenters. The highest BCUT2D eigenvalue weighted by Crippen LogP contribution is 2.49. The number of carbonyl (C=O) groups excluding carboxylic acids is 1. The van der Waals surface area contributed by atoms with E-state index >= 15 is 0 Å². The molecule has 194 valence electrons. The number of carbonyl (C=O) groups is 1. The summed E-state index contributed by atoms with van der Waals surface area (Å²) in [6.07, 6.45) is 5.18. The number of fused-ring (bicyclic) bond motifs is 1. The van der Waals surface area contributed by atoms with Crippen LogP contribution in [0, 0.1) is 11.8 Å². The molecule has 0 radical (unpaired) electrons. The lowest BCUT2D eigenvalue weighted by Crippen LogP contribution is -2.51. The van der Waals surface area contributed by atoms with Crippen molar-refractivity contribution in [3.63, 3.8) is 0 Å². The molecule has 0 aromatic heterocycles. The molecule has 1 saturated carbocycles. The van der Waals surface area contributed by atoms with Gasteiger partial charge in [-0.15, -0.1) is 0 Å². The van der Waals surface area contributed by atoms with E-state index in [2.05, 4.69) is 18.2 Å². The van der Waals surface area contributed by atoms with Crippen molar-refractivity contribution in [1.29, 1.82) is 0 Å². The fourth-order valence-electron chi connectivity index (χ4n) is 5.79. The molecule has 1 saturated heterocycles. The normalized spacial score (nSPS) is 21.3. The molecule has 2 atom stereocenters. The van der Waals surface area contributed by atoms with E-state index in [1.165, 1.54) is 23.5 Å². The van der Waals surface area contributed by atoms with Gasteiger partial charge in [0.25, 0.3) is 0 Å². The van der Waals surface area contributed by atoms with Crippen LogP contribution in [0.5, 0.6) is 5.75 Å². The summed E-state index contributed by atoms with van der Waals surface area (Å²) < 4.78 is 39.7. The van der Waals surface area contributed by atoms with E-state index in [9.17, 15) is 13.2 Å². The average molecular weight is 553 g/mol. The second-order valence-corrected chi connectivity index (χ2v) is 13.1. The van der Waals surface area contributed by atoms with Crippen molar-refractivity contribution in [1.82, 2.24) is 4.31 Å². The molecule has 2 fully saturated rings. The molecule has 2 aromatic carbocycles. The number of benzene rings is 2. The zero-order valence-corrected chi connectivity index (χ0v) is 22.8. The lowest BCUT2D eigenvalue weighted by molar-refractivity contribution is -0.145. The van der Waals surface area contributed by atoms with Crippen molar-refractivity contribution in [3.8, 4) is 5.75 Å². The van der Waals surface area contributed by atoms with Gasteiger partial charge in [-0.05, 0) is 72.9 Å². The Morgan fingerprint density at radius 2 is 1.83 bits per heavy atom. The molecule has 9 heteroatoms. The maximum Gasteiger partial charge on any atom is 0.309 e. The molecular weight excluding hydrogens is 521 g/mol. The summed E-state index contributed by atoms with van der Waals surface area (Å²) in [5.74, 6) is 1.06.